The summed E-state index contributed by atoms with van der Waals surface area (Å²) in [4.78, 5) is 0. The van der Waals surface area contributed by atoms with Crippen molar-refractivity contribution in [1.29, 1.82) is 0 Å². The summed E-state index contributed by atoms with van der Waals surface area (Å²) in [6.07, 6.45) is 1.90. The molecule has 0 aliphatic rings. The van der Waals surface area contributed by atoms with Crippen molar-refractivity contribution < 1.29 is 0 Å². The van der Waals surface area contributed by atoms with Crippen LogP contribution >= 0.6 is 15.9 Å². The topological polar surface area (TPSA) is 0 Å². The molecule has 0 fully saturated rings. The minimum Gasteiger partial charge on any atom is -0.0984 e. The molecule has 0 saturated carbocycles. The van der Waals surface area contributed by atoms with Crippen LogP contribution < -0.4 is 0 Å². The summed E-state index contributed by atoms with van der Waals surface area (Å²) >= 11 is 3.50. The van der Waals surface area contributed by atoms with Gasteiger partial charge in [0.15, 0.2) is 0 Å². The summed E-state index contributed by atoms with van der Waals surface area (Å²) in [6.45, 7) is 3.82. The fraction of sp³-hybridized carbons (Fsp3) is 0.0769. The van der Waals surface area contributed by atoms with Crippen molar-refractivity contribution in [2.75, 3.05) is 0 Å². The maximum Gasteiger partial charge on any atom is 0.0289 e. The van der Waals surface area contributed by atoms with Crippen molar-refractivity contribution in [2.45, 2.75) is 5.33 Å². The van der Waals surface area contributed by atoms with E-state index in [1.807, 2.05) is 6.08 Å². The molecule has 0 saturated heterocycles. The second-order valence-electron chi connectivity index (χ2n) is 3.20. The zero-order valence-corrected chi connectivity index (χ0v) is 9.42. The van der Waals surface area contributed by atoms with Gasteiger partial charge in [0.25, 0.3) is 0 Å². The molecule has 2 rings (SSSR count). The van der Waals surface area contributed by atoms with Crippen LogP contribution in [-0.4, -0.2) is 0 Å². The van der Waals surface area contributed by atoms with Gasteiger partial charge >= 0.3 is 0 Å². The van der Waals surface area contributed by atoms with Crippen LogP contribution in [0, 0.1) is 0 Å². The monoisotopic (exact) mass is 246 g/mol. The molecule has 1 heteroatoms. The normalized spacial score (nSPS) is 10.4. The first kappa shape index (κ1) is 9.47. The van der Waals surface area contributed by atoms with Gasteiger partial charge in [0, 0.05) is 5.33 Å². The highest BCUT2D eigenvalue weighted by atomic mass is 79.9. The number of fused-ring (bicyclic) bond motifs is 1. The Labute approximate surface area is 92.4 Å². The highest BCUT2D eigenvalue weighted by molar-refractivity contribution is 9.08. The van der Waals surface area contributed by atoms with Gasteiger partial charge in [-0.2, -0.15) is 0 Å². The van der Waals surface area contributed by atoms with Gasteiger partial charge in [0.1, 0.15) is 0 Å². The number of hydrogen-bond donors (Lipinski definition) is 0. The molecule has 14 heavy (non-hydrogen) atoms. The lowest BCUT2D eigenvalue weighted by Crippen LogP contribution is -1.84. The van der Waals surface area contributed by atoms with E-state index in [9.17, 15) is 0 Å². The Balaban J connectivity index is 2.84. The zero-order chi connectivity index (χ0) is 9.97. The number of alkyl halides is 1. The van der Waals surface area contributed by atoms with E-state index in [-0.39, 0.29) is 0 Å². The van der Waals surface area contributed by atoms with E-state index in [2.05, 4.69) is 58.9 Å². The van der Waals surface area contributed by atoms with Crippen molar-refractivity contribution in [3.05, 3.63) is 54.1 Å². The van der Waals surface area contributed by atoms with Gasteiger partial charge in [-0.25, -0.2) is 0 Å². The summed E-state index contributed by atoms with van der Waals surface area (Å²) < 4.78 is 0. The second-order valence-corrected chi connectivity index (χ2v) is 3.76. The molecule has 0 aliphatic heterocycles. The summed E-state index contributed by atoms with van der Waals surface area (Å²) in [6, 6.07) is 12.7. The first-order valence-corrected chi connectivity index (χ1v) is 5.68. The largest absolute Gasteiger partial charge is 0.0984 e. The fourth-order valence-corrected chi connectivity index (χ4v) is 2.17. The van der Waals surface area contributed by atoms with Gasteiger partial charge in [-0.1, -0.05) is 65.0 Å². The molecule has 0 aliphatic carbocycles. The van der Waals surface area contributed by atoms with Gasteiger partial charge < -0.3 is 0 Å². The van der Waals surface area contributed by atoms with Crippen LogP contribution in [0.2, 0.25) is 0 Å². The smallest absolute Gasteiger partial charge is 0.0289 e. The molecule has 0 heterocycles. The maximum absolute atomic E-state index is 3.82. The van der Waals surface area contributed by atoms with Gasteiger partial charge in [-0.15, -0.1) is 0 Å². The molecular weight excluding hydrogens is 236 g/mol. The van der Waals surface area contributed by atoms with E-state index in [0.717, 1.165) is 5.33 Å². The lowest BCUT2D eigenvalue weighted by molar-refractivity contribution is 1.48. The Morgan fingerprint density at radius 3 is 2.43 bits per heavy atom. The lowest BCUT2D eigenvalue weighted by atomic mass is 10.0. The molecule has 0 N–H and O–H groups in total. The molecule has 0 atom stereocenters. The van der Waals surface area contributed by atoms with Crippen LogP contribution in [0.25, 0.3) is 16.8 Å². The molecule has 0 bridgehead atoms. The van der Waals surface area contributed by atoms with Gasteiger partial charge in [-0.05, 0) is 21.9 Å². The molecule has 0 radical (unpaired) electrons. The van der Waals surface area contributed by atoms with E-state index < -0.39 is 0 Å². The van der Waals surface area contributed by atoms with E-state index in [0.29, 0.717) is 0 Å². The van der Waals surface area contributed by atoms with Crippen LogP contribution in [-0.2, 0) is 5.33 Å². The van der Waals surface area contributed by atoms with E-state index >= 15 is 0 Å². The van der Waals surface area contributed by atoms with Crippen LogP contribution in [0.5, 0.6) is 0 Å². The van der Waals surface area contributed by atoms with E-state index in [1.165, 1.54) is 21.9 Å². The maximum atomic E-state index is 3.82. The van der Waals surface area contributed by atoms with Crippen LogP contribution in [0.1, 0.15) is 11.1 Å². The Morgan fingerprint density at radius 1 is 1.07 bits per heavy atom. The summed E-state index contributed by atoms with van der Waals surface area (Å²) in [5.41, 5.74) is 2.52. The molecule has 0 amide bonds. The Morgan fingerprint density at radius 2 is 1.79 bits per heavy atom. The molecule has 70 valence electrons. The predicted molar refractivity (Wildman–Crippen MR) is 66.7 cm³/mol. The Bertz CT molecular complexity index is 472. The first-order chi connectivity index (χ1) is 6.86. The van der Waals surface area contributed by atoms with Crippen molar-refractivity contribution in [3.63, 3.8) is 0 Å². The third-order valence-electron chi connectivity index (χ3n) is 2.41. The quantitative estimate of drug-likeness (QED) is 0.691. The minimum atomic E-state index is 0.894. The van der Waals surface area contributed by atoms with Crippen molar-refractivity contribution >= 4 is 32.8 Å². The number of rotatable bonds is 2. The first-order valence-electron chi connectivity index (χ1n) is 4.56. The summed E-state index contributed by atoms with van der Waals surface area (Å²) in [7, 11) is 0. The summed E-state index contributed by atoms with van der Waals surface area (Å²) in [5.74, 6) is 0. The third-order valence-corrected chi connectivity index (χ3v) is 3.02. The average molecular weight is 247 g/mol. The number of halogens is 1. The highest BCUT2D eigenvalue weighted by Crippen LogP contribution is 2.24. The molecule has 0 unspecified atom stereocenters. The van der Waals surface area contributed by atoms with Crippen LogP contribution in [0.15, 0.2) is 43.0 Å². The Hall–Kier alpha value is -1.08. The van der Waals surface area contributed by atoms with Crippen LogP contribution in [0.4, 0.5) is 0 Å². The molecule has 0 nitrogen and oxygen atoms in total. The molecular formula is C13H11Br. The lowest BCUT2D eigenvalue weighted by Gasteiger charge is -2.06. The number of benzene rings is 2. The minimum absolute atomic E-state index is 0.894. The SMILES string of the molecule is C=Cc1ccc(CBr)c2ccccc12. The van der Waals surface area contributed by atoms with Crippen molar-refractivity contribution in [1.82, 2.24) is 0 Å². The van der Waals surface area contributed by atoms with Gasteiger partial charge in [0.05, 0.1) is 0 Å². The second kappa shape index (κ2) is 3.97. The molecule has 0 aromatic heterocycles. The summed E-state index contributed by atoms with van der Waals surface area (Å²) in [5, 5.41) is 3.48. The van der Waals surface area contributed by atoms with E-state index in [1.54, 1.807) is 0 Å². The Kier molecular flexibility index (Phi) is 2.69. The fourth-order valence-electron chi connectivity index (χ4n) is 1.68. The van der Waals surface area contributed by atoms with Crippen molar-refractivity contribution in [3.8, 4) is 0 Å². The molecule has 2 aromatic rings. The van der Waals surface area contributed by atoms with Crippen LogP contribution in [0.3, 0.4) is 0 Å². The third kappa shape index (κ3) is 1.48. The van der Waals surface area contributed by atoms with Gasteiger partial charge in [0.2, 0.25) is 0 Å². The van der Waals surface area contributed by atoms with Crippen molar-refractivity contribution in [2.24, 2.45) is 0 Å². The highest BCUT2D eigenvalue weighted by Gasteiger charge is 2.01. The molecule has 2 aromatic carbocycles. The predicted octanol–water partition coefficient (Wildman–Crippen LogP) is 4.38. The number of hydrogen-bond acceptors (Lipinski definition) is 0. The average Bonchev–Trinajstić information content (AvgIpc) is 2.27. The van der Waals surface area contributed by atoms with E-state index in [4.69, 9.17) is 0 Å². The molecule has 0 spiro atoms. The van der Waals surface area contributed by atoms with Gasteiger partial charge in [-0.3, -0.25) is 0 Å². The standard InChI is InChI=1S/C13H11Br/c1-2-10-7-8-11(9-14)13-6-4-3-5-12(10)13/h2-8H,1,9H2. The zero-order valence-electron chi connectivity index (χ0n) is 7.83.